The Bertz CT molecular complexity index is 627. The van der Waals surface area contributed by atoms with Gasteiger partial charge < -0.3 is 0 Å². The highest BCUT2D eigenvalue weighted by molar-refractivity contribution is 6.01. The van der Waals surface area contributed by atoms with E-state index in [1.165, 1.54) is 0 Å². The third-order valence-corrected chi connectivity index (χ3v) is 3.71. The molecule has 2 aromatic rings. The summed E-state index contributed by atoms with van der Waals surface area (Å²) in [7, 11) is 0. The van der Waals surface area contributed by atoms with Crippen molar-refractivity contribution in [2.45, 2.75) is 5.92 Å². The van der Waals surface area contributed by atoms with Gasteiger partial charge in [-0.25, -0.2) is 0 Å². The lowest BCUT2D eigenvalue weighted by atomic mass is 10.0. The van der Waals surface area contributed by atoms with Crippen molar-refractivity contribution in [3.8, 4) is 6.07 Å². The van der Waals surface area contributed by atoms with Gasteiger partial charge in [0.25, 0.3) is 0 Å². The van der Waals surface area contributed by atoms with Crippen molar-refractivity contribution >= 4 is 5.78 Å². The molecule has 0 spiro atoms. The van der Waals surface area contributed by atoms with Crippen LogP contribution in [-0.4, -0.2) is 5.78 Å². The number of hydrogen-bond acceptors (Lipinski definition) is 2. The van der Waals surface area contributed by atoms with Crippen LogP contribution in [0, 0.1) is 23.2 Å². The summed E-state index contributed by atoms with van der Waals surface area (Å²) < 4.78 is 0. The minimum absolute atomic E-state index is 0.0545. The Morgan fingerprint density at radius 3 is 2.11 bits per heavy atom. The maximum Gasteiger partial charge on any atom is 0.167 e. The molecular weight excluding hydrogens is 234 g/mol. The number of Topliss-reactive ketones (excluding diaryl/α,β-unsaturated/α-hetero) is 1. The molecule has 0 heterocycles. The second kappa shape index (κ2) is 4.70. The van der Waals surface area contributed by atoms with Crippen molar-refractivity contribution in [2.75, 3.05) is 0 Å². The molecule has 19 heavy (non-hydrogen) atoms. The fraction of sp³-hybridized carbons (Fsp3) is 0.176. The third kappa shape index (κ3) is 2.04. The quantitative estimate of drug-likeness (QED) is 0.780. The molecule has 2 aromatic carbocycles. The van der Waals surface area contributed by atoms with Gasteiger partial charge in [0.15, 0.2) is 5.78 Å². The van der Waals surface area contributed by atoms with E-state index >= 15 is 0 Å². The Kier molecular flexibility index (Phi) is 2.89. The van der Waals surface area contributed by atoms with Gasteiger partial charge in [-0.3, -0.25) is 4.79 Å². The van der Waals surface area contributed by atoms with E-state index in [1.54, 1.807) is 0 Å². The SMILES string of the molecule is N#C[C@H]1[C@H](C(=O)c2ccccc2)[C@@H]1c1ccccc1. The molecule has 3 rings (SSSR count). The molecule has 2 heteroatoms. The number of nitrogens with zero attached hydrogens (tertiary/aromatic N) is 1. The lowest BCUT2D eigenvalue weighted by molar-refractivity contribution is 0.0962. The number of carbonyl (C=O) groups is 1. The minimum atomic E-state index is -0.185. The van der Waals surface area contributed by atoms with Crippen LogP contribution in [0.4, 0.5) is 0 Å². The number of rotatable bonds is 3. The van der Waals surface area contributed by atoms with Crippen molar-refractivity contribution < 1.29 is 4.79 Å². The van der Waals surface area contributed by atoms with Crippen LogP contribution in [0.25, 0.3) is 0 Å². The molecule has 2 nitrogen and oxygen atoms in total. The van der Waals surface area contributed by atoms with Gasteiger partial charge in [0.1, 0.15) is 0 Å². The van der Waals surface area contributed by atoms with Crippen LogP contribution in [0.3, 0.4) is 0 Å². The summed E-state index contributed by atoms with van der Waals surface area (Å²) >= 11 is 0. The Labute approximate surface area is 112 Å². The number of nitriles is 1. The highest BCUT2D eigenvalue weighted by Gasteiger charge is 2.55. The zero-order chi connectivity index (χ0) is 13.2. The second-order valence-corrected chi connectivity index (χ2v) is 4.85. The first-order valence-corrected chi connectivity index (χ1v) is 6.37. The van der Waals surface area contributed by atoms with Crippen LogP contribution in [-0.2, 0) is 0 Å². The minimum Gasteiger partial charge on any atom is -0.294 e. The molecule has 92 valence electrons. The first kappa shape index (κ1) is 11.7. The molecule has 0 amide bonds. The first-order valence-electron chi connectivity index (χ1n) is 6.37. The van der Waals surface area contributed by atoms with Crippen molar-refractivity contribution in [1.29, 1.82) is 5.26 Å². The zero-order valence-electron chi connectivity index (χ0n) is 10.4. The van der Waals surface area contributed by atoms with Crippen LogP contribution < -0.4 is 0 Å². The van der Waals surface area contributed by atoms with E-state index in [2.05, 4.69) is 6.07 Å². The van der Waals surface area contributed by atoms with Crippen LogP contribution in [0.2, 0.25) is 0 Å². The molecule has 0 aromatic heterocycles. The summed E-state index contributed by atoms with van der Waals surface area (Å²) in [5.74, 6) is -0.232. The summed E-state index contributed by atoms with van der Waals surface area (Å²) in [6.45, 7) is 0. The van der Waals surface area contributed by atoms with Gasteiger partial charge in [-0.1, -0.05) is 60.7 Å². The second-order valence-electron chi connectivity index (χ2n) is 4.85. The Morgan fingerprint density at radius 1 is 0.947 bits per heavy atom. The fourth-order valence-corrected chi connectivity index (χ4v) is 2.68. The normalized spacial score (nSPS) is 24.5. The lowest BCUT2D eigenvalue weighted by Gasteiger charge is -2.00. The van der Waals surface area contributed by atoms with Crippen molar-refractivity contribution in [3.05, 3.63) is 71.8 Å². The van der Waals surface area contributed by atoms with Crippen LogP contribution >= 0.6 is 0 Å². The summed E-state index contributed by atoms with van der Waals surface area (Å²) in [4.78, 5) is 12.4. The van der Waals surface area contributed by atoms with E-state index in [4.69, 9.17) is 0 Å². The Balaban J connectivity index is 1.87. The van der Waals surface area contributed by atoms with Crippen LogP contribution in [0.1, 0.15) is 21.8 Å². The van der Waals surface area contributed by atoms with E-state index in [1.807, 2.05) is 60.7 Å². The molecule has 3 atom stereocenters. The fourth-order valence-electron chi connectivity index (χ4n) is 2.68. The number of carbonyl (C=O) groups excluding carboxylic acids is 1. The molecular formula is C17H13NO. The van der Waals surface area contributed by atoms with E-state index < -0.39 is 0 Å². The van der Waals surface area contributed by atoms with Gasteiger partial charge >= 0.3 is 0 Å². The Morgan fingerprint density at radius 2 is 1.53 bits per heavy atom. The van der Waals surface area contributed by atoms with Crippen molar-refractivity contribution in [1.82, 2.24) is 0 Å². The summed E-state index contributed by atoms with van der Waals surface area (Å²) in [6.07, 6.45) is 0. The van der Waals surface area contributed by atoms with Gasteiger partial charge in [0.2, 0.25) is 0 Å². The van der Waals surface area contributed by atoms with Gasteiger partial charge in [-0.15, -0.1) is 0 Å². The largest absolute Gasteiger partial charge is 0.294 e. The standard InChI is InChI=1S/C17H13NO/c18-11-14-15(12-7-3-1-4-8-12)16(14)17(19)13-9-5-2-6-10-13/h1-10,14-16H/t14-,15-,16+/m1/s1. The molecule has 0 N–H and O–H groups in total. The van der Waals surface area contributed by atoms with E-state index in [0.29, 0.717) is 5.56 Å². The predicted molar refractivity (Wildman–Crippen MR) is 72.5 cm³/mol. The average Bonchev–Trinajstić information content (AvgIpc) is 3.22. The lowest BCUT2D eigenvalue weighted by Crippen LogP contribution is -2.03. The van der Waals surface area contributed by atoms with Gasteiger partial charge in [-0.2, -0.15) is 5.26 Å². The summed E-state index contributed by atoms with van der Waals surface area (Å²) in [6, 6.07) is 21.3. The first-order chi connectivity index (χ1) is 9.33. The predicted octanol–water partition coefficient (Wildman–Crippen LogP) is 3.42. The van der Waals surface area contributed by atoms with Crippen LogP contribution in [0.15, 0.2) is 60.7 Å². The molecule has 0 saturated heterocycles. The highest BCUT2D eigenvalue weighted by Crippen LogP contribution is 2.54. The summed E-state index contributed by atoms with van der Waals surface area (Å²) in [5, 5.41) is 9.20. The van der Waals surface area contributed by atoms with E-state index in [-0.39, 0.29) is 23.5 Å². The van der Waals surface area contributed by atoms with E-state index in [9.17, 15) is 10.1 Å². The number of hydrogen-bond donors (Lipinski definition) is 0. The monoisotopic (exact) mass is 247 g/mol. The molecule has 1 aliphatic rings. The average molecular weight is 247 g/mol. The maximum absolute atomic E-state index is 12.4. The molecule has 1 aliphatic carbocycles. The van der Waals surface area contributed by atoms with Crippen molar-refractivity contribution in [3.63, 3.8) is 0 Å². The molecule has 0 radical (unpaired) electrons. The number of ketones is 1. The van der Waals surface area contributed by atoms with Crippen molar-refractivity contribution in [2.24, 2.45) is 11.8 Å². The smallest absolute Gasteiger partial charge is 0.167 e. The summed E-state index contributed by atoms with van der Waals surface area (Å²) in [5.41, 5.74) is 1.79. The molecule has 0 bridgehead atoms. The van der Waals surface area contributed by atoms with Gasteiger partial charge in [-0.05, 0) is 5.56 Å². The molecule has 0 unspecified atom stereocenters. The molecule has 1 fully saturated rings. The topological polar surface area (TPSA) is 40.9 Å². The van der Waals surface area contributed by atoms with Gasteiger partial charge in [0, 0.05) is 17.4 Å². The number of benzene rings is 2. The van der Waals surface area contributed by atoms with E-state index in [0.717, 1.165) is 5.56 Å². The van der Waals surface area contributed by atoms with Crippen LogP contribution in [0.5, 0.6) is 0 Å². The van der Waals surface area contributed by atoms with Gasteiger partial charge in [0.05, 0.1) is 12.0 Å². The molecule has 1 saturated carbocycles. The molecule has 0 aliphatic heterocycles. The third-order valence-electron chi connectivity index (χ3n) is 3.71. The zero-order valence-corrected chi connectivity index (χ0v) is 10.4. The Hall–Kier alpha value is -2.40. The maximum atomic E-state index is 12.4. The highest BCUT2D eigenvalue weighted by atomic mass is 16.1.